The van der Waals surface area contributed by atoms with E-state index in [0.717, 1.165) is 22.4 Å². The summed E-state index contributed by atoms with van der Waals surface area (Å²) in [4.78, 5) is 21.5. The van der Waals surface area contributed by atoms with Gasteiger partial charge in [0.05, 0.1) is 7.11 Å². The number of methoxy groups -OCH3 is 1. The second-order valence-corrected chi connectivity index (χ2v) is 8.72. The molecule has 0 aliphatic carbocycles. The molecule has 0 saturated carbocycles. The van der Waals surface area contributed by atoms with Gasteiger partial charge >= 0.3 is 0 Å². The van der Waals surface area contributed by atoms with E-state index in [1.807, 2.05) is 43.3 Å². The lowest BCUT2D eigenvalue weighted by Crippen LogP contribution is -2.24. The average molecular weight is 460 g/mol. The second-order valence-electron chi connectivity index (χ2n) is 7.55. The maximum absolute atomic E-state index is 12.7. The third kappa shape index (κ3) is 6.20. The van der Waals surface area contributed by atoms with Crippen molar-refractivity contribution < 1.29 is 9.53 Å². The summed E-state index contributed by atoms with van der Waals surface area (Å²) in [5.41, 5.74) is 4.10. The zero-order valence-corrected chi connectivity index (χ0v) is 19.3. The molecule has 0 aliphatic heterocycles. The van der Waals surface area contributed by atoms with E-state index in [9.17, 15) is 4.79 Å². The van der Waals surface area contributed by atoms with Crippen LogP contribution < -0.4 is 10.1 Å². The predicted octanol–water partition coefficient (Wildman–Crippen LogP) is 4.72. The Hall–Kier alpha value is -3.65. The number of nitrogens with one attached hydrogen (secondary N) is 2. The van der Waals surface area contributed by atoms with Gasteiger partial charge < -0.3 is 10.1 Å². The molecule has 8 heteroatoms. The van der Waals surface area contributed by atoms with Gasteiger partial charge in [0.2, 0.25) is 11.1 Å². The van der Waals surface area contributed by atoms with Crippen molar-refractivity contribution in [2.24, 2.45) is 0 Å². The van der Waals surface area contributed by atoms with Gasteiger partial charge in [0.25, 0.3) is 0 Å². The van der Waals surface area contributed by atoms with Crippen molar-refractivity contribution in [2.45, 2.75) is 30.3 Å². The summed E-state index contributed by atoms with van der Waals surface area (Å²) in [6.07, 6.45) is 3.77. The molecule has 33 heavy (non-hydrogen) atoms. The second kappa shape index (κ2) is 10.8. The maximum atomic E-state index is 12.7. The van der Waals surface area contributed by atoms with Gasteiger partial charge in [-0.1, -0.05) is 47.7 Å². The molecule has 1 amide bonds. The van der Waals surface area contributed by atoms with Crippen LogP contribution in [0.3, 0.4) is 0 Å². The number of aromatic amines is 1. The van der Waals surface area contributed by atoms with E-state index in [0.29, 0.717) is 23.9 Å². The highest BCUT2D eigenvalue weighted by atomic mass is 32.2. The van der Waals surface area contributed by atoms with E-state index in [1.165, 1.54) is 17.3 Å². The molecule has 0 saturated heterocycles. The first-order valence-corrected chi connectivity index (χ1v) is 11.4. The number of pyridine rings is 1. The number of hydrogen-bond donors (Lipinski definition) is 2. The van der Waals surface area contributed by atoms with Gasteiger partial charge in [0.1, 0.15) is 5.75 Å². The van der Waals surface area contributed by atoms with Gasteiger partial charge in [0.15, 0.2) is 5.82 Å². The smallest absolute Gasteiger partial charge is 0.221 e. The Labute approximate surface area is 197 Å². The summed E-state index contributed by atoms with van der Waals surface area (Å²) >= 11 is 1.47. The fourth-order valence-electron chi connectivity index (χ4n) is 3.26. The first kappa shape index (κ1) is 22.5. The van der Waals surface area contributed by atoms with E-state index in [4.69, 9.17) is 4.74 Å². The van der Waals surface area contributed by atoms with Crippen LogP contribution in [0.4, 0.5) is 0 Å². The van der Waals surface area contributed by atoms with Crippen LogP contribution in [0.2, 0.25) is 0 Å². The molecular formula is C25H25N5O2S. The van der Waals surface area contributed by atoms with Gasteiger partial charge in [0, 0.05) is 36.2 Å². The lowest BCUT2D eigenvalue weighted by Gasteiger charge is -2.15. The molecule has 2 N–H and O–H groups in total. The van der Waals surface area contributed by atoms with Crippen molar-refractivity contribution in [1.29, 1.82) is 0 Å². The molecule has 0 bridgehead atoms. The van der Waals surface area contributed by atoms with Gasteiger partial charge in [-0.15, -0.1) is 5.10 Å². The molecule has 1 atom stereocenters. The van der Waals surface area contributed by atoms with Crippen LogP contribution in [-0.4, -0.2) is 33.2 Å². The number of rotatable bonds is 9. The zero-order chi connectivity index (χ0) is 23.0. The highest BCUT2D eigenvalue weighted by Crippen LogP contribution is 2.37. The first-order valence-electron chi connectivity index (χ1n) is 10.6. The van der Waals surface area contributed by atoms with Crippen molar-refractivity contribution in [3.8, 4) is 17.1 Å². The van der Waals surface area contributed by atoms with Crippen LogP contribution in [0.25, 0.3) is 11.4 Å². The number of carbonyl (C=O) groups excluding carboxylic acids is 1. The van der Waals surface area contributed by atoms with Crippen LogP contribution in [-0.2, 0) is 11.3 Å². The number of thioether (sulfide) groups is 1. The van der Waals surface area contributed by atoms with Crippen molar-refractivity contribution >= 4 is 17.7 Å². The van der Waals surface area contributed by atoms with Gasteiger partial charge in [-0.3, -0.25) is 14.9 Å². The highest BCUT2D eigenvalue weighted by molar-refractivity contribution is 7.99. The minimum Gasteiger partial charge on any atom is -0.497 e. The molecule has 7 nitrogen and oxygen atoms in total. The molecule has 2 heterocycles. The van der Waals surface area contributed by atoms with Gasteiger partial charge in [-0.05, 0) is 48.4 Å². The molecule has 0 fully saturated rings. The number of aryl methyl sites for hydroxylation is 1. The lowest BCUT2D eigenvalue weighted by atomic mass is 10.1. The topological polar surface area (TPSA) is 92.8 Å². The summed E-state index contributed by atoms with van der Waals surface area (Å²) in [5.74, 6) is 1.41. The summed E-state index contributed by atoms with van der Waals surface area (Å²) in [6, 6.07) is 19.6. The Morgan fingerprint density at radius 1 is 1.12 bits per heavy atom. The van der Waals surface area contributed by atoms with Crippen molar-refractivity contribution in [2.75, 3.05) is 7.11 Å². The molecule has 2 aromatic carbocycles. The number of benzene rings is 2. The Morgan fingerprint density at radius 2 is 1.91 bits per heavy atom. The number of nitrogens with zero attached hydrogens (tertiary/aromatic N) is 3. The van der Waals surface area contributed by atoms with Crippen LogP contribution in [0, 0.1) is 6.92 Å². The number of carbonyl (C=O) groups is 1. The van der Waals surface area contributed by atoms with Crippen LogP contribution in [0.15, 0.2) is 78.2 Å². The van der Waals surface area contributed by atoms with Crippen molar-refractivity contribution in [1.82, 2.24) is 25.5 Å². The summed E-state index contributed by atoms with van der Waals surface area (Å²) < 4.78 is 5.21. The van der Waals surface area contributed by atoms with Crippen LogP contribution in [0.1, 0.15) is 28.4 Å². The summed E-state index contributed by atoms with van der Waals surface area (Å²) in [6.45, 7) is 2.49. The van der Waals surface area contributed by atoms with Gasteiger partial charge in [-0.25, -0.2) is 4.98 Å². The van der Waals surface area contributed by atoms with Crippen molar-refractivity contribution in [3.63, 3.8) is 0 Å². The van der Waals surface area contributed by atoms with Crippen LogP contribution in [0.5, 0.6) is 5.75 Å². The number of ether oxygens (including phenoxy) is 1. The molecular weight excluding hydrogens is 434 g/mol. The molecule has 0 spiro atoms. The predicted molar refractivity (Wildman–Crippen MR) is 129 cm³/mol. The third-order valence-electron chi connectivity index (χ3n) is 5.11. The fourth-order valence-corrected chi connectivity index (χ4v) is 4.28. The maximum Gasteiger partial charge on any atom is 0.221 e. The average Bonchev–Trinajstić information content (AvgIpc) is 3.32. The van der Waals surface area contributed by atoms with Crippen LogP contribution >= 0.6 is 11.8 Å². The lowest BCUT2D eigenvalue weighted by molar-refractivity contribution is -0.121. The SMILES string of the molecule is COc1ccc(-c2nc(S[C@@H](CC(=O)NCc3cccnc3)c3ccc(C)cc3)n[nH]2)cc1. The van der Waals surface area contributed by atoms with E-state index in [-0.39, 0.29) is 11.2 Å². The highest BCUT2D eigenvalue weighted by Gasteiger charge is 2.20. The minimum absolute atomic E-state index is 0.0390. The standard InChI is InChI=1S/C25H25N5O2S/c1-17-5-7-19(8-6-17)22(14-23(31)27-16-18-4-3-13-26-15-18)33-25-28-24(29-30-25)20-9-11-21(32-2)12-10-20/h3-13,15,22H,14,16H2,1-2H3,(H,27,31)(H,28,29,30)/t22-/m0/s1. The van der Waals surface area contributed by atoms with E-state index >= 15 is 0 Å². The van der Waals surface area contributed by atoms with Crippen molar-refractivity contribution in [3.05, 3.63) is 89.7 Å². The fraction of sp³-hybridized carbons (Fsp3) is 0.200. The number of aromatic nitrogens is 4. The van der Waals surface area contributed by atoms with E-state index < -0.39 is 0 Å². The Bertz CT molecular complexity index is 1180. The summed E-state index contributed by atoms with van der Waals surface area (Å²) in [7, 11) is 1.64. The molecule has 4 aromatic rings. The zero-order valence-electron chi connectivity index (χ0n) is 18.5. The Balaban J connectivity index is 1.47. The number of amides is 1. The largest absolute Gasteiger partial charge is 0.497 e. The molecule has 0 aliphatic rings. The minimum atomic E-state index is -0.126. The molecule has 2 aromatic heterocycles. The molecule has 4 rings (SSSR count). The monoisotopic (exact) mass is 459 g/mol. The van der Waals surface area contributed by atoms with E-state index in [1.54, 1.807) is 19.5 Å². The molecule has 0 unspecified atom stereocenters. The number of H-pyrrole nitrogens is 1. The Morgan fingerprint density at radius 3 is 2.61 bits per heavy atom. The summed E-state index contributed by atoms with van der Waals surface area (Å²) in [5, 5.41) is 10.8. The third-order valence-corrected chi connectivity index (χ3v) is 6.23. The molecule has 0 radical (unpaired) electrons. The van der Waals surface area contributed by atoms with Gasteiger partial charge in [-0.2, -0.15) is 0 Å². The normalized spacial score (nSPS) is 11.7. The Kier molecular flexibility index (Phi) is 7.36. The number of hydrogen-bond acceptors (Lipinski definition) is 6. The first-order chi connectivity index (χ1) is 16.1. The quantitative estimate of drug-likeness (QED) is 0.352. The molecule has 168 valence electrons. The van der Waals surface area contributed by atoms with E-state index in [2.05, 4.69) is 49.7 Å².